The Bertz CT molecular complexity index is 2020. The van der Waals surface area contributed by atoms with Crippen molar-refractivity contribution in [2.75, 3.05) is 6.54 Å². The molecule has 1 unspecified atom stereocenters. The Hall–Kier alpha value is -5.79. The largest absolute Gasteiger partial charge is 0.480 e. The van der Waals surface area contributed by atoms with E-state index in [1.54, 1.807) is 45.3 Å². The van der Waals surface area contributed by atoms with Crippen molar-refractivity contribution in [3.8, 4) is 0 Å². The lowest BCUT2D eigenvalue weighted by Gasteiger charge is -2.27. The van der Waals surface area contributed by atoms with E-state index in [1.807, 2.05) is 30.3 Å². The number of aliphatic carboxylic acids is 1. The van der Waals surface area contributed by atoms with Crippen molar-refractivity contribution in [2.45, 2.75) is 90.2 Å². The van der Waals surface area contributed by atoms with E-state index >= 15 is 0 Å². The highest BCUT2D eigenvalue weighted by atomic mass is 16.6. The number of amides is 2. The lowest BCUT2D eigenvalue weighted by atomic mass is 9.92. The molecular formula is C42H50N8O5. The number of nitrogens with two attached hydrogens (primary N) is 1. The SMILES string of the molecule is CC(C)(C)OC(=O)N(Cc1ccccn1)Cc1cnc(C(=O)N[C@@H](CCCNC2CCCc3cccnc32)C(=O)O)cn1.NCc1cccc2ccccc12. The van der Waals surface area contributed by atoms with Gasteiger partial charge in [0.2, 0.25) is 0 Å². The number of hydrogen-bond acceptors (Lipinski definition) is 10. The molecule has 5 aromatic rings. The highest BCUT2D eigenvalue weighted by Gasteiger charge is 2.25. The molecule has 0 spiro atoms. The second-order valence-corrected chi connectivity index (χ2v) is 14.3. The Morgan fingerprint density at radius 1 is 0.909 bits per heavy atom. The smallest absolute Gasteiger partial charge is 0.410 e. The number of carboxylic acid groups (broad SMARTS) is 1. The minimum Gasteiger partial charge on any atom is -0.480 e. The van der Waals surface area contributed by atoms with Crippen LogP contribution in [0.2, 0.25) is 0 Å². The Kier molecular flexibility index (Phi) is 14.3. The third-order valence-electron chi connectivity index (χ3n) is 8.98. The van der Waals surface area contributed by atoms with Gasteiger partial charge in [-0.2, -0.15) is 0 Å². The van der Waals surface area contributed by atoms with Crippen LogP contribution in [-0.4, -0.2) is 66.1 Å². The molecule has 0 fully saturated rings. The van der Waals surface area contributed by atoms with Crippen LogP contribution in [0.1, 0.15) is 91.2 Å². The van der Waals surface area contributed by atoms with E-state index in [1.165, 1.54) is 39.2 Å². The van der Waals surface area contributed by atoms with Gasteiger partial charge in [0.1, 0.15) is 17.3 Å². The first-order chi connectivity index (χ1) is 26.5. The van der Waals surface area contributed by atoms with E-state index in [9.17, 15) is 19.5 Å². The Labute approximate surface area is 321 Å². The van der Waals surface area contributed by atoms with Crippen molar-refractivity contribution in [3.63, 3.8) is 0 Å². The Morgan fingerprint density at radius 2 is 1.67 bits per heavy atom. The molecule has 3 heterocycles. The van der Waals surface area contributed by atoms with Crippen LogP contribution in [0.5, 0.6) is 0 Å². The van der Waals surface area contributed by atoms with E-state index in [0.717, 1.165) is 25.0 Å². The van der Waals surface area contributed by atoms with Gasteiger partial charge in [-0.1, -0.05) is 54.6 Å². The number of carbonyl (C=O) groups is 3. The van der Waals surface area contributed by atoms with E-state index in [0.29, 0.717) is 30.9 Å². The van der Waals surface area contributed by atoms with Gasteiger partial charge in [0.15, 0.2) is 0 Å². The number of rotatable bonds is 13. The molecule has 0 aliphatic heterocycles. The molecule has 5 N–H and O–H groups in total. The van der Waals surface area contributed by atoms with Gasteiger partial charge in [0.25, 0.3) is 5.91 Å². The molecule has 3 aromatic heterocycles. The van der Waals surface area contributed by atoms with Crippen LogP contribution in [0, 0.1) is 0 Å². The maximum absolute atomic E-state index is 12.9. The number of carboxylic acids is 1. The molecule has 13 heteroatoms. The van der Waals surface area contributed by atoms with Crippen LogP contribution in [0.25, 0.3) is 10.8 Å². The van der Waals surface area contributed by atoms with Crippen molar-refractivity contribution >= 4 is 28.7 Å². The molecule has 0 bridgehead atoms. The number of carbonyl (C=O) groups excluding carboxylic acids is 2. The molecule has 6 rings (SSSR count). The van der Waals surface area contributed by atoms with Gasteiger partial charge in [-0.3, -0.25) is 24.6 Å². The first kappa shape index (κ1) is 40.4. The topological polar surface area (TPSA) is 186 Å². The number of nitrogens with zero attached hydrogens (tertiary/aromatic N) is 5. The molecular weight excluding hydrogens is 697 g/mol. The fraction of sp³-hybridized carbons (Fsp3) is 0.357. The highest BCUT2D eigenvalue weighted by molar-refractivity contribution is 5.94. The summed E-state index contributed by atoms with van der Waals surface area (Å²) in [6.45, 7) is 6.83. The van der Waals surface area contributed by atoms with Gasteiger partial charge >= 0.3 is 12.1 Å². The maximum atomic E-state index is 12.9. The van der Waals surface area contributed by atoms with Crippen molar-refractivity contribution in [3.05, 3.63) is 131 Å². The van der Waals surface area contributed by atoms with Crippen LogP contribution in [-0.2, 0) is 35.6 Å². The molecule has 2 amide bonds. The first-order valence-corrected chi connectivity index (χ1v) is 18.6. The van der Waals surface area contributed by atoms with Crippen molar-refractivity contribution in [2.24, 2.45) is 5.73 Å². The predicted octanol–water partition coefficient (Wildman–Crippen LogP) is 6.13. The lowest BCUT2D eigenvalue weighted by molar-refractivity contribution is -0.139. The summed E-state index contributed by atoms with van der Waals surface area (Å²) in [6.07, 6.45) is 9.44. The molecule has 13 nitrogen and oxygen atoms in total. The highest BCUT2D eigenvalue weighted by Crippen LogP contribution is 2.27. The number of benzene rings is 2. The van der Waals surface area contributed by atoms with E-state index in [-0.39, 0.29) is 31.2 Å². The van der Waals surface area contributed by atoms with E-state index in [4.69, 9.17) is 10.5 Å². The third kappa shape index (κ3) is 12.1. The van der Waals surface area contributed by atoms with Gasteiger partial charge in [-0.25, -0.2) is 14.6 Å². The van der Waals surface area contributed by atoms with Crippen LogP contribution < -0.4 is 16.4 Å². The Balaban J connectivity index is 0.000000407. The molecule has 2 aromatic carbocycles. The minimum absolute atomic E-state index is 0.0217. The maximum Gasteiger partial charge on any atom is 0.410 e. The number of aromatic nitrogens is 4. The molecule has 0 radical (unpaired) electrons. The summed E-state index contributed by atoms with van der Waals surface area (Å²) in [5, 5.41) is 18.3. The molecule has 288 valence electrons. The Morgan fingerprint density at radius 3 is 2.40 bits per heavy atom. The zero-order valence-electron chi connectivity index (χ0n) is 31.6. The normalized spacial score (nSPS) is 14.1. The average molecular weight is 747 g/mol. The second-order valence-electron chi connectivity index (χ2n) is 14.3. The van der Waals surface area contributed by atoms with Gasteiger partial charge in [-0.15, -0.1) is 0 Å². The number of aryl methyl sites for hydroxylation is 1. The molecule has 0 saturated heterocycles. The van der Waals surface area contributed by atoms with Crippen molar-refractivity contribution < 1.29 is 24.2 Å². The molecule has 55 heavy (non-hydrogen) atoms. The minimum atomic E-state index is -1.12. The van der Waals surface area contributed by atoms with E-state index < -0.39 is 29.6 Å². The summed E-state index contributed by atoms with van der Waals surface area (Å²) < 4.78 is 5.55. The van der Waals surface area contributed by atoms with Gasteiger partial charge in [0, 0.05) is 25.0 Å². The zero-order valence-corrected chi connectivity index (χ0v) is 31.6. The number of nitrogens with one attached hydrogen (secondary N) is 2. The van der Waals surface area contributed by atoms with Crippen LogP contribution in [0.4, 0.5) is 4.79 Å². The number of pyridine rings is 2. The van der Waals surface area contributed by atoms with Gasteiger partial charge in [-0.05, 0) is 99.5 Å². The van der Waals surface area contributed by atoms with Crippen molar-refractivity contribution in [1.82, 2.24) is 35.5 Å². The summed E-state index contributed by atoms with van der Waals surface area (Å²) in [6, 6.07) is 23.1. The fourth-order valence-corrected chi connectivity index (χ4v) is 6.30. The van der Waals surface area contributed by atoms with Gasteiger partial charge < -0.3 is 26.2 Å². The second kappa shape index (κ2) is 19.5. The molecule has 2 atom stereocenters. The summed E-state index contributed by atoms with van der Waals surface area (Å²) in [4.78, 5) is 56.3. The van der Waals surface area contributed by atoms with Crippen LogP contribution in [0.3, 0.4) is 0 Å². The number of ether oxygens (including phenoxy) is 1. The summed E-state index contributed by atoms with van der Waals surface area (Å²) in [7, 11) is 0. The predicted molar refractivity (Wildman–Crippen MR) is 210 cm³/mol. The third-order valence-corrected chi connectivity index (χ3v) is 8.98. The lowest BCUT2D eigenvalue weighted by Crippen LogP contribution is -2.41. The number of fused-ring (bicyclic) bond motifs is 2. The summed E-state index contributed by atoms with van der Waals surface area (Å²) in [5.74, 6) is -1.76. The van der Waals surface area contributed by atoms with Crippen LogP contribution >= 0.6 is 0 Å². The fourth-order valence-electron chi connectivity index (χ4n) is 6.30. The summed E-state index contributed by atoms with van der Waals surface area (Å²) in [5.41, 5.74) is 9.53. The zero-order chi connectivity index (χ0) is 39.2. The summed E-state index contributed by atoms with van der Waals surface area (Å²) >= 11 is 0. The van der Waals surface area contributed by atoms with Crippen LogP contribution in [0.15, 0.2) is 97.6 Å². The average Bonchev–Trinajstić information content (AvgIpc) is 3.18. The molecule has 1 aliphatic rings. The monoisotopic (exact) mass is 746 g/mol. The molecule has 1 aliphatic carbocycles. The van der Waals surface area contributed by atoms with E-state index in [2.05, 4.69) is 60.9 Å². The standard InChI is InChI=1S/C31H39N7O5.C11H11N/c1-31(2,3)43-30(42)38(19-22-11-4-5-14-32-22)20-23-17-36-26(18-35-23)28(39)37-25(29(40)41)13-8-15-33-24-12-6-9-21-10-7-16-34-27(21)24;12-8-10-6-3-5-9-4-1-2-7-11(9)10/h4-5,7,10-11,14,16-18,24-25,33H,6,8-9,12-13,15,19-20H2,1-3H3,(H,37,39)(H,40,41);1-7H,8,12H2/t24?,25-;/m0./s1. The number of hydrogen-bond donors (Lipinski definition) is 4. The quantitative estimate of drug-likeness (QED) is 0.102. The van der Waals surface area contributed by atoms with Gasteiger partial charge in [0.05, 0.1) is 42.6 Å². The molecule has 0 saturated carbocycles. The van der Waals surface area contributed by atoms with Crippen molar-refractivity contribution in [1.29, 1.82) is 0 Å². The first-order valence-electron chi connectivity index (χ1n) is 18.6.